The lowest BCUT2D eigenvalue weighted by Crippen LogP contribution is -2.29. The molecule has 1 atom stereocenters. The van der Waals surface area contributed by atoms with E-state index in [0.29, 0.717) is 18.7 Å². The first-order valence-electron chi connectivity index (χ1n) is 9.77. The highest BCUT2D eigenvalue weighted by molar-refractivity contribution is 7.91. The van der Waals surface area contributed by atoms with Gasteiger partial charge in [0.25, 0.3) is 0 Å². The van der Waals surface area contributed by atoms with Gasteiger partial charge in [0.15, 0.2) is 4.90 Å². The fourth-order valence-corrected chi connectivity index (χ4v) is 4.65. The van der Waals surface area contributed by atoms with Gasteiger partial charge in [-0.15, -0.1) is 0 Å². The summed E-state index contributed by atoms with van der Waals surface area (Å²) in [5, 5.41) is 0. The largest absolute Gasteiger partial charge is 0.611 e. The van der Waals surface area contributed by atoms with Crippen molar-refractivity contribution in [3.05, 3.63) is 53.3 Å². The number of rotatable bonds is 8. The van der Waals surface area contributed by atoms with E-state index in [4.69, 9.17) is 9.47 Å². The maximum atomic E-state index is 13.6. The van der Waals surface area contributed by atoms with Gasteiger partial charge in [-0.2, -0.15) is 0 Å². The maximum absolute atomic E-state index is 13.6. The lowest BCUT2D eigenvalue weighted by atomic mass is 10.1. The number of fused-ring (bicyclic) bond motifs is 1. The van der Waals surface area contributed by atoms with E-state index in [9.17, 15) is 18.5 Å². The van der Waals surface area contributed by atoms with Crippen LogP contribution in [0.2, 0.25) is 0 Å². The number of nitrogens with zero attached hydrogens (tertiary/aromatic N) is 1. The minimum Gasteiger partial charge on any atom is -0.611 e. The Morgan fingerprint density at radius 1 is 1.23 bits per heavy atom. The average molecular weight is 434 g/mol. The van der Waals surface area contributed by atoms with Crippen LogP contribution in [0, 0.1) is 5.82 Å². The molecule has 0 bridgehead atoms. The number of amides is 1. The standard InChI is InChI=1S/C22H24FNO5S/c1-3-29-22(26)18-13-16(23)7-9-20(18)30(27)12-4-5-21(25)24-11-10-15-6-8-17(28-2)14-19(15)24/h6-9,13-14H,3-5,10-12H2,1-2H3. The van der Waals surface area contributed by atoms with Gasteiger partial charge >= 0.3 is 5.97 Å². The molecular weight excluding hydrogens is 409 g/mol. The zero-order valence-electron chi connectivity index (χ0n) is 17.0. The molecule has 3 rings (SSSR count). The lowest BCUT2D eigenvalue weighted by Gasteiger charge is -2.18. The molecular formula is C22H24FNO5S. The van der Waals surface area contributed by atoms with Gasteiger partial charge in [-0.25, -0.2) is 9.18 Å². The number of halogens is 1. The molecule has 0 N–H and O–H groups in total. The minimum atomic E-state index is -1.55. The zero-order chi connectivity index (χ0) is 21.7. The van der Waals surface area contributed by atoms with Crippen molar-refractivity contribution in [2.45, 2.75) is 31.1 Å². The first kappa shape index (κ1) is 22.1. The molecule has 160 valence electrons. The molecule has 0 fully saturated rings. The normalized spacial score (nSPS) is 13.7. The van der Waals surface area contributed by atoms with Crippen molar-refractivity contribution in [1.82, 2.24) is 0 Å². The molecule has 0 spiro atoms. The van der Waals surface area contributed by atoms with Crippen molar-refractivity contribution < 1.29 is 28.0 Å². The van der Waals surface area contributed by atoms with E-state index in [1.807, 2.05) is 18.2 Å². The number of carbonyl (C=O) groups is 2. The van der Waals surface area contributed by atoms with Crippen LogP contribution in [-0.2, 0) is 27.1 Å². The van der Waals surface area contributed by atoms with Crippen molar-refractivity contribution >= 4 is 28.7 Å². The van der Waals surface area contributed by atoms with Crippen LogP contribution in [0.5, 0.6) is 5.75 Å². The Morgan fingerprint density at radius 3 is 2.77 bits per heavy atom. The topological polar surface area (TPSA) is 78.9 Å². The van der Waals surface area contributed by atoms with Crippen molar-refractivity contribution in [3.63, 3.8) is 0 Å². The summed E-state index contributed by atoms with van der Waals surface area (Å²) < 4.78 is 36.4. The van der Waals surface area contributed by atoms with Crippen molar-refractivity contribution in [2.75, 3.05) is 30.9 Å². The third-order valence-corrected chi connectivity index (χ3v) is 6.40. The maximum Gasteiger partial charge on any atom is 0.343 e. The van der Waals surface area contributed by atoms with Gasteiger partial charge in [0.1, 0.15) is 22.9 Å². The van der Waals surface area contributed by atoms with Crippen LogP contribution in [0.15, 0.2) is 41.3 Å². The molecule has 6 nitrogen and oxygen atoms in total. The van der Waals surface area contributed by atoms with E-state index < -0.39 is 23.0 Å². The molecule has 0 radical (unpaired) electrons. The molecule has 0 saturated carbocycles. The summed E-state index contributed by atoms with van der Waals surface area (Å²) >= 11 is -1.55. The Labute approximate surface area is 178 Å². The van der Waals surface area contributed by atoms with Crippen LogP contribution in [0.25, 0.3) is 0 Å². The number of esters is 1. The van der Waals surface area contributed by atoms with Crippen LogP contribution < -0.4 is 9.64 Å². The number of carbonyl (C=O) groups excluding carboxylic acids is 2. The second kappa shape index (κ2) is 9.95. The summed E-state index contributed by atoms with van der Waals surface area (Å²) in [6, 6.07) is 9.22. The van der Waals surface area contributed by atoms with Crippen molar-refractivity contribution in [1.29, 1.82) is 0 Å². The van der Waals surface area contributed by atoms with Crippen LogP contribution in [-0.4, -0.2) is 42.4 Å². The average Bonchev–Trinajstić information content (AvgIpc) is 3.16. The van der Waals surface area contributed by atoms with E-state index in [1.165, 1.54) is 6.07 Å². The number of benzene rings is 2. The molecule has 1 aliphatic heterocycles. The van der Waals surface area contributed by atoms with Gasteiger partial charge in [0.2, 0.25) is 5.91 Å². The van der Waals surface area contributed by atoms with Gasteiger partial charge < -0.3 is 18.9 Å². The number of methoxy groups -OCH3 is 1. The monoisotopic (exact) mass is 433 g/mol. The number of anilines is 1. The van der Waals surface area contributed by atoms with E-state index in [-0.39, 0.29) is 35.1 Å². The number of hydrogen-bond donors (Lipinski definition) is 0. The van der Waals surface area contributed by atoms with Crippen LogP contribution in [0.3, 0.4) is 0 Å². The number of ether oxygens (including phenoxy) is 2. The van der Waals surface area contributed by atoms with Crippen LogP contribution in [0.1, 0.15) is 35.7 Å². The van der Waals surface area contributed by atoms with E-state index in [2.05, 4.69) is 0 Å². The molecule has 8 heteroatoms. The molecule has 1 unspecified atom stereocenters. The highest BCUT2D eigenvalue weighted by atomic mass is 32.2. The summed E-state index contributed by atoms with van der Waals surface area (Å²) in [4.78, 5) is 26.7. The Kier molecular flexibility index (Phi) is 7.33. The Hall–Kier alpha value is -2.58. The zero-order valence-corrected chi connectivity index (χ0v) is 17.8. The summed E-state index contributed by atoms with van der Waals surface area (Å²) in [6.07, 6.45) is 1.38. The summed E-state index contributed by atoms with van der Waals surface area (Å²) in [5.74, 6) is -0.486. The highest BCUT2D eigenvalue weighted by Gasteiger charge is 2.26. The molecule has 1 aliphatic rings. The molecule has 0 saturated heterocycles. The molecule has 1 amide bonds. The Morgan fingerprint density at radius 2 is 2.03 bits per heavy atom. The van der Waals surface area contributed by atoms with Crippen LogP contribution >= 0.6 is 0 Å². The molecule has 0 aliphatic carbocycles. The summed E-state index contributed by atoms with van der Waals surface area (Å²) in [5.41, 5.74) is 1.91. The van der Waals surface area contributed by atoms with E-state index in [0.717, 1.165) is 29.8 Å². The second-order valence-corrected chi connectivity index (χ2v) is 8.34. The fraction of sp³-hybridized carbons (Fsp3) is 0.364. The lowest BCUT2D eigenvalue weighted by molar-refractivity contribution is -0.118. The minimum absolute atomic E-state index is 0.0397. The van der Waals surface area contributed by atoms with Gasteiger partial charge in [0, 0.05) is 25.5 Å². The highest BCUT2D eigenvalue weighted by Crippen LogP contribution is 2.32. The summed E-state index contributed by atoms with van der Waals surface area (Å²) in [7, 11) is 1.58. The van der Waals surface area contributed by atoms with Gasteiger partial charge in [0.05, 0.1) is 19.4 Å². The summed E-state index contributed by atoms with van der Waals surface area (Å²) in [6.45, 7) is 2.39. The Bertz CT molecular complexity index is 936. The molecule has 2 aromatic carbocycles. The smallest absolute Gasteiger partial charge is 0.343 e. The fourth-order valence-electron chi connectivity index (χ4n) is 3.41. The SMILES string of the molecule is CCOC(=O)c1cc(F)ccc1[S+]([O-])CCCC(=O)N1CCc2ccc(OC)cc21. The molecule has 1 heterocycles. The van der Waals surface area contributed by atoms with E-state index >= 15 is 0 Å². The predicted molar refractivity (Wildman–Crippen MR) is 112 cm³/mol. The van der Waals surface area contributed by atoms with Gasteiger partial charge in [-0.1, -0.05) is 6.07 Å². The van der Waals surface area contributed by atoms with E-state index in [1.54, 1.807) is 18.9 Å². The van der Waals surface area contributed by atoms with Gasteiger partial charge in [-0.3, -0.25) is 4.79 Å². The molecule has 2 aromatic rings. The first-order chi connectivity index (χ1) is 14.4. The third-order valence-electron chi connectivity index (χ3n) is 4.89. The second-order valence-electron chi connectivity index (χ2n) is 6.80. The predicted octanol–water partition coefficient (Wildman–Crippen LogP) is 3.49. The van der Waals surface area contributed by atoms with Crippen molar-refractivity contribution in [2.24, 2.45) is 0 Å². The third kappa shape index (κ3) is 4.94. The molecule has 0 aromatic heterocycles. The van der Waals surface area contributed by atoms with Crippen LogP contribution in [0.4, 0.5) is 10.1 Å². The van der Waals surface area contributed by atoms with Gasteiger partial charge in [-0.05, 0) is 54.3 Å². The molecule has 30 heavy (non-hydrogen) atoms. The Balaban J connectivity index is 1.61. The quantitative estimate of drug-likeness (QED) is 0.470. The first-order valence-corrected chi connectivity index (χ1v) is 11.1. The number of hydrogen-bond acceptors (Lipinski definition) is 5. The van der Waals surface area contributed by atoms with Crippen molar-refractivity contribution in [3.8, 4) is 5.75 Å².